The molecule has 0 spiro atoms. The Morgan fingerprint density at radius 2 is 1.81 bits per heavy atom. The van der Waals surface area contributed by atoms with Crippen molar-refractivity contribution in [1.29, 1.82) is 0 Å². The Hall–Kier alpha value is -1.30. The van der Waals surface area contributed by atoms with E-state index in [0.29, 0.717) is 12.1 Å². The van der Waals surface area contributed by atoms with Crippen LogP contribution in [0.4, 0.5) is 0 Å². The number of benzene rings is 1. The third-order valence-electron chi connectivity index (χ3n) is 5.57. The van der Waals surface area contributed by atoms with Crippen molar-refractivity contribution in [2.75, 3.05) is 47.1 Å². The van der Waals surface area contributed by atoms with E-state index in [2.05, 4.69) is 17.0 Å². The Morgan fingerprint density at radius 3 is 2.58 bits per heavy atom. The molecule has 0 unspecified atom stereocenters. The van der Waals surface area contributed by atoms with E-state index in [1.165, 1.54) is 31.2 Å². The van der Waals surface area contributed by atoms with Crippen LogP contribution in [0.2, 0.25) is 0 Å². The second-order valence-electron chi connectivity index (χ2n) is 7.20. The minimum Gasteiger partial charge on any atom is -0.493 e. The third kappa shape index (κ3) is 5.12. The summed E-state index contributed by atoms with van der Waals surface area (Å²) in [6.07, 6.45) is 7.48. The Balaban J connectivity index is 1.46. The van der Waals surface area contributed by atoms with E-state index in [0.717, 1.165) is 57.3 Å². The van der Waals surface area contributed by atoms with Gasteiger partial charge in [0.2, 0.25) is 0 Å². The van der Waals surface area contributed by atoms with Crippen LogP contribution in [0.25, 0.3) is 0 Å². The van der Waals surface area contributed by atoms with Gasteiger partial charge in [-0.05, 0) is 43.4 Å². The van der Waals surface area contributed by atoms with E-state index in [4.69, 9.17) is 18.9 Å². The number of hydrogen-bond donors (Lipinski definition) is 0. The lowest BCUT2D eigenvalue weighted by atomic mass is 9.91. The summed E-state index contributed by atoms with van der Waals surface area (Å²) in [5, 5.41) is 0. The average Bonchev–Trinajstić information content (AvgIpc) is 2.72. The highest BCUT2D eigenvalue weighted by Gasteiger charge is 2.31. The van der Waals surface area contributed by atoms with E-state index < -0.39 is 0 Å². The zero-order valence-electron chi connectivity index (χ0n) is 16.2. The molecule has 1 saturated heterocycles. The van der Waals surface area contributed by atoms with Gasteiger partial charge in [0.1, 0.15) is 0 Å². The maximum atomic E-state index is 6.33. The first kappa shape index (κ1) is 19.5. The first-order valence-corrected chi connectivity index (χ1v) is 9.96. The van der Waals surface area contributed by atoms with Crippen LogP contribution in [0.1, 0.15) is 37.7 Å². The molecule has 0 bridgehead atoms. The van der Waals surface area contributed by atoms with Gasteiger partial charge in [-0.3, -0.25) is 4.90 Å². The lowest BCUT2D eigenvalue weighted by Crippen LogP contribution is -2.51. The van der Waals surface area contributed by atoms with Gasteiger partial charge in [0.15, 0.2) is 11.5 Å². The Bertz CT molecular complexity index is 545. The first-order chi connectivity index (χ1) is 12.8. The number of aryl methyl sites for hydroxylation is 1. The highest BCUT2D eigenvalue weighted by molar-refractivity contribution is 5.42. The van der Waals surface area contributed by atoms with Crippen LogP contribution in [0.5, 0.6) is 11.5 Å². The van der Waals surface area contributed by atoms with Gasteiger partial charge in [-0.15, -0.1) is 0 Å². The number of rotatable bonds is 8. The molecule has 1 heterocycles. The van der Waals surface area contributed by atoms with Crippen molar-refractivity contribution in [2.24, 2.45) is 0 Å². The summed E-state index contributed by atoms with van der Waals surface area (Å²) in [6.45, 7) is 4.65. The molecule has 1 aromatic rings. The molecule has 2 aliphatic rings. The maximum Gasteiger partial charge on any atom is 0.160 e. The molecule has 26 heavy (non-hydrogen) atoms. The molecule has 0 amide bonds. The largest absolute Gasteiger partial charge is 0.493 e. The van der Waals surface area contributed by atoms with Gasteiger partial charge in [0.05, 0.1) is 33.5 Å². The second-order valence-corrected chi connectivity index (χ2v) is 7.20. The molecule has 2 atom stereocenters. The van der Waals surface area contributed by atoms with Crippen LogP contribution in [0.3, 0.4) is 0 Å². The van der Waals surface area contributed by atoms with E-state index in [1.54, 1.807) is 14.2 Å². The van der Waals surface area contributed by atoms with Crippen molar-refractivity contribution in [3.63, 3.8) is 0 Å². The number of ether oxygens (including phenoxy) is 4. The SMILES string of the molecule is COc1ccc(CCCO[C@H]2CCCC[C@@H]2N2CCOCC2)cc1OC. The zero-order valence-corrected chi connectivity index (χ0v) is 16.2. The molecule has 146 valence electrons. The summed E-state index contributed by atoms with van der Waals surface area (Å²) in [7, 11) is 3.35. The molecule has 1 saturated carbocycles. The minimum absolute atomic E-state index is 0.382. The molecule has 0 aromatic heterocycles. The highest BCUT2D eigenvalue weighted by Crippen LogP contribution is 2.29. The van der Waals surface area contributed by atoms with Crippen molar-refractivity contribution in [2.45, 2.75) is 50.7 Å². The summed E-state index contributed by atoms with van der Waals surface area (Å²) in [6, 6.07) is 6.73. The van der Waals surface area contributed by atoms with Crippen LogP contribution in [0.15, 0.2) is 18.2 Å². The van der Waals surface area contributed by atoms with Gasteiger partial charge in [0, 0.05) is 25.7 Å². The van der Waals surface area contributed by atoms with Crippen LogP contribution in [0, 0.1) is 0 Å². The normalized spacial score (nSPS) is 24.4. The van der Waals surface area contributed by atoms with Crippen LogP contribution >= 0.6 is 0 Å². The highest BCUT2D eigenvalue weighted by atomic mass is 16.5. The summed E-state index contributed by atoms with van der Waals surface area (Å²) >= 11 is 0. The number of hydrogen-bond acceptors (Lipinski definition) is 5. The van der Waals surface area contributed by atoms with Crippen molar-refractivity contribution in [3.8, 4) is 11.5 Å². The van der Waals surface area contributed by atoms with Gasteiger partial charge in [0.25, 0.3) is 0 Å². The lowest BCUT2D eigenvalue weighted by molar-refractivity contribution is -0.0657. The van der Waals surface area contributed by atoms with Gasteiger partial charge >= 0.3 is 0 Å². The molecule has 2 fully saturated rings. The van der Waals surface area contributed by atoms with Crippen LogP contribution < -0.4 is 9.47 Å². The fourth-order valence-electron chi connectivity index (χ4n) is 4.15. The van der Waals surface area contributed by atoms with Crippen molar-refractivity contribution in [3.05, 3.63) is 23.8 Å². The summed E-state index contributed by atoms with van der Waals surface area (Å²) < 4.78 is 22.5. The zero-order chi connectivity index (χ0) is 18.2. The second kappa shape index (κ2) is 10.1. The lowest BCUT2D eigenvalue weighted by Gasteiger charge is -2.41. The van der Waals surface area contributed by atoms with Crippen molar-refractivity contribution in [1.82, 2.24) is 4.90 Å². The van der Waals surface area contributed by atoms with Gasteiger partial charge in [-0.1, -0.05) is 18.9 Å². The molecule has 0 N–H and O–H groups in total. The van der Waals surface area contributed by atoms with Crippen molar-refractivity contribution >= 4 is 0 Å². The molecule has 5 nitrogen and oxygen atoms in total. The fourth-order valence-corrected chi connectivity index (χ4v) is 4.15. The smallest absolute Gasteiger partial charge is 0.160 e. The fraction of sp³-hybridized carbons (Fsp3) is 0.714. The predicted molar refractivity (Wildman–Crippen MR) is 102 cm³/mol. The molecule has 1 aromatic carbocycles. The Labute approximate surface area is 157 Å². The molecule has 1 aliphatic carbocycles. The molecule has 1 aliphatic heterocycles. The summed E-state index contributed by atoms with van der Waals surface area (Å²) in [5.74, 6) is 1.58. The average molecular weight is 363 g/mol. The quantitative estimate of drug-likeness (QED) is 0.663. The van der Waals surface area contributed by atoms with E-state index in [1.807, 2.05) is 6.07 Å². The molecular formula is C21H33NO4. The van der Waals surface area contributed by atoms with E-state index in [-0.39, 0.29) is 0 Å². The van der Waals surface area contributed by atoms with E-state index in [9.17, 15) is 0 Å². The standard InChI is InChI=1S/C21H33NO4/c1-23-20-10-9-17(16-21(20)24-2)6-5-13-26-19-8-4-3-7-18(19)22-11-14-25-15-12-22/h9-10,16,18-19H,3-8,11-15H2,1-2H3/t18-,19-/m0/s1. The van der Waals surface area contributed by atoms with Gasteiger partial charge < -0.3 is 18.9 Å². The predicted octanol–water partition coefficient (Wildman–Crippen LogP) is 3.30. The molecule has 3 rings (SSSR count). The maximum absolute atomic E-state index is 6.33. The van der Waals surface area contributed by atoms with Crippen LogP contribution in [-0.2, 0) is 15.9 Å². The topological polar surface area (TPSA) is 40.2 Å². The Kier molecular flexibility index (Phi) is 7.59. The third-order valence-corrected chi connectivity index (χ3v) is 5.57. The summed E-state index contributed by atoms with van der Waals surface area (Å²) in [5.41, 5.74) is 1.26. The molecule has 5 heteroatoms. The van der Waals surface area contributed by atoms with Crippen molar-refractivity contribution < 1.29 is 18.9 Å². The minimum atomic E-state index is 0.382. The molecular weight excluding hydrogens is 330 g/mol. The number of methoxy groups -OCH3 is 2. The van der Waals surface area contributed by atoms with E-state index >= 15 is 0 Å². The number of nitrogens with zero attached hydrogens (tertiary/aromatic N) is 1. The number of morpholine rings is 1. The summed E-state index contributed by atoms with van der Waals surface area (Å²) in [4.78, 5) is 2.58. The van der Waals surface area contributed by atoms with Crippen LogP contribution in [-0.4, -0.2) is 64.2 Å². The van der Waals surface area contributed by atoms with Gasteiger partial charge in [-0.25, -0.2) is 0 Å². The van der Waals surface area contributed by atoms with Gasteiger partial charge in [-0.2, -0.15) is 0 Å². The first-order valence-electron chi connectivity index (χ1n) is 9.96. The molecule has 0 radical (unpaired) electrons. The monoisotopic (exact) mass is 363 g/mol. The Morgan fingerprint density at radius 1 is 1.04 bits per heavy atom.